The Balaban J connectivity index is 1.75. The molecule has 4 atom stereocenters. The van der Waals surface area contributed by atoms with Crippen LogP contribution in [-0.4, -0.2) is 67.6 Å². The van der Waals surface area contributed by atoms with Crippen LogP contribution in [0.15, 0.2) is 18.6 Å². The van der Waals surface area contributed by atoms with Gasteiger partial charge in [0.15, 0.2) is 6.23 Å². The molecule has 0 spiro atoms. The van der Waals surface area contributed by atoms with E-state index in [0.29, 0.717) is 11.7 Å². The van der Waals surface area contributed by atoms with Gasteiger partial charge < -0.3 is 34.7 Å². The molecule has 24 heavy (non-hydrogen) atoms. The van der Waals surface area contributed by atoms with Gasteiger partial charge in [0.1, 0.15) is 30.0 Å². The Morgan fingerprint density at radius 2 is 2.25 bits per heavy atom. The Morgan fingerprint density at radius 3 is 2.92 bits per heavy atom. The number of rotatable bonds is 5. The molecular weight excluding hydrogens is 316 g/mol. The van der Waals surface area contributed by atoms with Gasteiger partial charge in [0.2, 0.25) is 5.79 Å². The van der Waals surface area contributed by atoms with Crippen molar-refractivity contribution in [3.8, 4) is 0 Å². The average Bonchev–Trinajstić information content (AvgIpc) is 3.25. The van der Waals surface area contributed by atoms with Crippen molar-refractivity contribution in [3.63, 3.8) is 0 Å². The summed E-state index contributed by atoms with van der Waals surface area (Å²) in [7, 11) is 1.28. The third-order valence-corrected chi connectivity index (χ3v) is 4.62. The topological polar surface area (TPSA) is 122 Å². The second kappa shape index (κ2) is 5.64. The maximum Gasteiger partial charge on any atom is 0.241 e. The average molecular weight is 336 g/mol. The van der Waals surface area contributed by atoms with Crippen molar-refractivity contribution in [1.82, 2.24) is 14.5 Å². The lowest BCUT2D eigenvalue weighted by Crippen LogP contribution is -2.48. The van der Waals surface area contributed by atoms with Gasteiger partial charge >= 0.3 is 0 Å². The van der Waals surface area contributed by atoms with E-state index in [-0.39, 0.29) is 0 Å². The summed E-state index contributed by atoms with van der Waals surface area (Å²) in [5.74, 6) is -1.27. The van der Waals surface area contributed by atoms with E-state index in [4.69, 9.17) is 9.47 Å². The Kier molecular flexibility index (Phi) is 3.70. The molecule has 2 aromatic heterocycles. The van der Waals surface area contributed by atoms with Crippen LogP contribution in [-0.2, 0) is 9.47 Å². The second-order valence-electron chi connectivity index (χ2n) is 6.21. The van der Waals surface area contributed by atoms with Crippen molar-refractivity contribution in [3.05, 3.63) is 18.6 Å². The third-order valence-electron chi connectivity index (χ3n) is 4.62. The van der Waals surface area contributed by atoms with Crippen molar-refractivity contribution in [2.24, 2.45) is 0 Å². The number of anilines is 1. The van der Waals surface area contributed by atoms with Gasteiger partial charge in [-0.25, -0.2) is 9.97 Å². The molecule has 1 saturated carbocycles. The highest BCUT2D eigenvalue weighted by molar-refractivity contribution is 5.87. The molecule has 1 aliphatic heterocycles. The van der Waals surface area contributed by atoms with Crippen molar-refractivity contribution in [2.45, 2.75) is 43.1 Å². The van der Waals surface area contributed by atoms with Crippen LogP contribution in [0.3, 0.4) is 0 Å². The number of fused-ring (bicyclic) bond motifs is 1. The monoisotopic (exact) mass is 336 g/mol. The summed E-state index contributed by atoms with van der Waals surface area (Å²) in [4.78, 5) is 8.54. The molecule has 4 rings (SSSR count). The normalized spacial score (nSPS) is 33.2. The molecule has 3 heterocycles. The van der Waals surface area contributed by atoms with E-state index in [9.17, 15) is 15.3 Å². The number of hydrogen-bond donors (Lipinski definition) is 4. The highest BCUT2D eigenvalue weighted by Crippen LogP contribution is 2.41. The number of aliphatic hydroxyl groups excluding tert-OH is 2. The van der Waals surface area contributed by atoms with Gasteiger partial charge in [-0.2, -0.15) is 0 Å². The van der Waals surface area contributed by atoms with Gasteiger partial charge in [0.05, 0.1) is 12.0 Å². The van der Waals surface area contributed by atoms with Crippen LogP contribution in [0, 0.1) is 0 Å². The highest BCUT2D eigenvalue weighted by atomic mass is 16.7. The molecule has 1 aliphatic carbocycles. The first-order valence-corrected chi connectivity index (χ1v) is 7.88. The van der Waals surface area contributed by atoms with Crippen LogP contribution in [0.4, 0.5) is 5.82 Å². The minimum Gasteiger partial charge on any atom is -0.394 e. The molecule has 1 unspecified atom stereocenters. The second-order valence-corrected chi connectivity index (χ2v) is 6.21. The Hall–Kier alpha value is -1.78. The quantitative estimate of drug-likeness (QED) is 0.544. The van der Waals surface area contributed by atoms with Gasteiger partial charge in [-0.05, 0) is 18.9 Å². The lowest BCUT2D eigenvalue weighted by molar-refractivity contribution is -0.264. The fraction of sp³-hybridized carbons (Fsp3) is 0.600. The molecule has 0 amide bonds. The van der Waals surface area contributed by atoms with Crippen LogP contribution < -0.4 is 5.32 Å². The number of aromatic nitrogens is 3. The van der Waals surface area contributed by atoms with Crippen LogP contribution in [0.25, 0.3) is 11.0 Å². The predicted molar refractivity (Wildman–Crippen MR) is 83.1 cm³/mol. The molecule has 0 bridgehead atoms. The fourth-order valence-corrected chi connectivity index (χ4v) is 3.08. The first-order chi connectivity index (χ1) is 11.6. The standard InChI is InChI=1S/C15H20N4O5/c1-23-15(22)11(21)10(6-20)24-14(15)19-5-4-9-12(18-8-2-3-8)16-7-17-13(9)19/h4-5,7-8,10-11,14,20-22H,2-3,6H2,1H3,(H,16,17,18)/t10-,11-,14?,15+/m1/s1. The first kappa shape index (κ1) is 15.7. The summed E-state index contributed by atoms with van der Waals surface area (Å²) in [5.41, 5.74) is 0.541. The molecule has 9 nitrogen and oxygen atoms in total. The zero-order valence-electron chi connectivity index (χ0n) is 13.2. The molecule has 4 N–H and O–H groups in total. The number of hydrogen-bond acceptors (Lipinski definition) is 8. The summed E-state index contributed by atoms with van der Waals surface area (Å²) in [6.45, 7) is -0.438. The van der Waals surface area contributed by atoms with Crippen molar-refractivity contribution >= 4 is 16.9 Å². The summed E-state index contributed by atoms with van der Waals surface area (Å²) in [5, 5.41) is 34.4. The van der Waals surface area contributed by atoms with Crippen molar-refractivity contribution in [2.75, 3.05) is 19.0 Å². The maximum atomic E-state index is 10.7. The SMILES string of the molecule is CO[C@]1(O)C(n2ccc3c(NC4CC4)ncnc32)O[C@H](CO)[C@H]1O. The Morgan fingerprint density at radius 1 is 1.46 bits per heavy atom. The van der Waals surface area contributed by atoms with Gasteiger partial charge in [-0.15, -0.1) is 0 Å². The molecule has 130 valence electrons. The van der Waals surface area contributed by atoms with Crippen LogP contribution >= 0.6 is 0 Å². The molecule has 1 saturated heterocycles. The van der Waals surface area contributed by atoms with Crippen LogP contribution in [0.5, 0.6) is 0 Å². The van der Waals surface area contributed by atoms with E-state index < -0.39 is 30.8 Å². The predicted octanol–water partition coefficient (Wildman–Crippen LogP) is -0.409. The lowest BCUT2D eigenvalue weighted by Gasteiger charge is -2.30. The number of methoxy groups -OCH3 is 1. The summed E-state index contributed by atoms with van der Waals surface area (Å²) in [6.07, 6.45) is 1.97. The summed E-state index contributed by atoms with van der Waals surface area (Å²) < 4.78 is 12.3. The summed E-state index contributed by atoms with van der Waals surface area (Å²) in [6, 6.07) is 2.25. The van der Waals surface area contributed by atoms with Crippen molar-refractivity contribution in [1.29, 1.82) is 0 Å². The van der Waals surface area contributed by atoms with Gasteiger partial charge in [0.25, 0.3) is 0 Å². The molecule has 2 aliphatic rings. The van der Waals surface area contributed by atoms with E-state index in [1.165, 1.54) is 13.4 Å². The highest BCUT2D eigenvalue weighted by Gasteiger charge is 2.57. The minimum absolute atomic E-state index is 0.436. The smallest absolute Gasteiger partial charge is 0.241 e. The zero-order valence-corrected chi connectivity index (χ0v) is 13.2. The maximum absolute atomic E-state index is 10.7. The molecule has 9 heteroatoms. The van der Waals surface area contributed by atoms with E-state index in [0.717, 1.165) is 24.0 Å². The molecular formula is C15H20N4O5. The Labute approximate surface area is 137 Å². The molecule has 2 aromatic rings. The number of nitrogens with one attached hydrogen (secondary N) is 1. The number of aliphatic hydroxyl groups is 3. The van der Waals surface area contributed by atoms with E-state index in [1.807, 2.05) is 6.07 Å². The van der Waals surface area contributed by atoms with Gasteiger partial charge in [-0.3, -0.25) is 0 Å². The van der Waals surface area contributed by atoms with Gasteiger partial charge in [0, 0.05) is 19.3 Å². The lowest BCUT2D eigenvalue weighted by atomic mass is 10.1. The zero-order chi connectivity index (χ0) is 16.9. The first-order valence-electron chi connectivity index (χ1n) is 7.88. The Bertz CT molecular complexity index is 749. The minimum atomic E-state index is -1.99. The van der Waals surface area contributed by atoms with E-state index in [1.54, 1.807) is 10.8 Å². The van der Waals surface area contributed by atoms with E-state index >= 15 is 0 Å². The fourth-order valence-electron chi connectivity index (χ4n) is 3.08. The molecule has 0 radical (unpaired) electrons. The van der Waals surface area contributed by atoms with Crippen LogP contribution in [0.2, 0.25) is 0 Å². The van der Waals surface area contributed by atoms with E-state index in [2.05, 4.69) is 15.3 Å². The third kappa shape index (κ3) is 2.28. The number of nitrogens with zero attached hydrogens (tertiary/aromatic N) is 3. The molecule has 0 aromatic carbocycles. The molecule has 2 fully saturated rings. The largest absolute Gasteiger partial charge is 0.394 e. The number of ether oxygens (including phenoxy) is 2. The van der Waals surface area contributed by atoms with Gasteiger partial charge in [-0.1, -0.05) is 0 Å². The van der Waals surface area contributed by atoms with Crippen molar-refractivity contribution < 1.29 is 24.8 Å². The summed E-state index contributed by atoms with van der Waals surface area (Å²) >= 11 is 0. The van der Waals surface area contributed by atoms with Crippen LogP contribution in [0.1, 0.15) is 19.1 Å².